The molecule has 2 aromatic carbocycles. The smallest absolute Gasteiger partial charge is 0.175 e. The van der Waals surface area contributed by atoms with Gasteiger partial charge in [0.1, 0.15) is 0 Å². The van der Waals surface area contributed by atoms with Gasteiger partial charge in [-0.3, -0.25) is 0 Å². The Morgan fingerprint density at radius 3 is 1.55 bits per heavy atom. The van der Waals surface area contributed by atoms with E-state index in [9.17, 15) is 0 Å². The molecule has 2 rings (SSSR count). The molecule has 0 amide bonds. The average Bonchev–Trinajstić information content (AvgIpc) is 2.38. The van der Waals surface area contributed by atoms with E-state index >= 15 is 0 Å². The van der Waals surface area contributed by atoms with Gasteiger partial charge in [-0.1, -0.05) is 46.4 Å². The Bertz CT molecular complexity index is 605. The molecule has 0 unspecified atom stereocenters. The minimum absolute atomic E-state index is 0.332. The first-order valence-electron chi connectivity index (χ1n) is 5.44. The minimum Gasteiger partial charge on any atom is -0.331 e. The number of hydrogen-bond acceptors (Lipinski definition) is 1. The highest BCUT2D eigenvalue weighted by Crippen LogP contribution is 2.27. The molecule has 2 nitrogen and oxygen atoms in total. The van der Waals surface area contributed by atoms with Crippen molar-refractivity contribution in [2.24, 2.45) is 0 Å². The Kier molecular flexibility index (Phi) is 5.35. The van der Waals surface area contributed by atoms with E-state index in [2.05, 4.69) is 10.6 Å². The third-order valence-corrected chi connectivity index (χ3v) is 3.69. The summed E-state index contributed by atoms with van der Waals surface area (Å²) in [6.45, 7) is 0. The molecule has 0 saturated heterocycles. The van der Waals surface area contributed by atoms with Gasteiger partial charge >= 0.3 is 0 Å². The number of nitrogens with one attached hydrogen (secondary N) is 2. The first-order chi connectivity index (χ1) is 9.45. The summed E-state index contributed by atoms with van der Waals surface area (Å²) in [6.07, 6.45) is 0. The number of hydrogen-bond donors (Lipinski definition) is 2. The molecule has 0 aromatic heterocycles. The molecule has 0 spiro atoms. The molecule has 2 aromatic rings. The summed E-state index contributed by atoms with van der Waals surface area (Å²) >= 11 is 29.1. The average molecular weight is 366 g/mol. The molecule has 0 atom stereocenters. The Labute approximate surface area is 142 Å². The molecule has 2 N–H and O–H groups in total. The van der Waals surface area contributed by atoms with Gasteiger partial charge in [-0.15, -0.1) is 0 Å². The van der Waals surface area contributed by atoms with Crippen molar-refractivity contribution in [3.8, 4) is 0 Å². The zero-order valence-electron chi connectivity index (χ0n) is 9.88. The van der Waals surface area contributed by atoms with Crippen LogP contribution in [0, 0.1) is 0 Å². The predicted molar refractivity (Wildman–Crippen MR) is 92.8 cm³/mol. The number of rotatable bonds is 2. The summed E-state index contributed by atoms with van der Waals surface area (Å²) in [4.78, 5) is 0. The lowest BCUT2D eigenvalue weighted by Crippen LogP contribution is -2.19. The van der Waals surface area contributed by atoms with E-state index < -0.39 is 0 Å². The second-order valence-corrected chi connectivity index (χ2v) is 5.92. The molecule has 0 saturated carbocycles. The third-order valence-electron chi connectivity index (χ3n) is 2.35. The molecule has 20 heavy (non-hydrogen) atoms. The highest BCUT2D eigenvalue weighted by atomic mass is 35.5. The molecule has 0 aliphatic carbocycles. The fraction of sp³-hybridized carbons (Fsp3) is 0. The molecule has 104 valence electrons. The van der Waals surface area contributed by atoms with Crippen LogP contribution < -0.4 is 10.6 Å². The summed E-state index contributed by atoms with van der Waals surface area (Å²) in [5.74, 6) is 0. The molecular weight excluding hydrogens is 358 g/mol. The predicted octanol–water partition coefficient (Wildman–Crippen LogP) is 6.11. The van der Waals surface area contributed by atoms with Gasteiger partial charge in [-0.2, -0.15) is 0 Å². The van der Waals surface area contributed by atoms with Gasteiger partial charge in [0.25, 0.3) is 0 Å². The summed E-state index contributed by atoms with van der Waals surface area (Å²) in [7, 11) is 0. The van der Waals surface area contributed by atoms with E-state index in [1.54, 1.807) is 36.4 Å². The maximum atomic E-state index is 6.04. The molecular formula is C13H8Cl4N2S. The van der Waals surface area contributed by atoms with Gasteiger partial charge < -0.3 is 10.6 Å². The van der Waals surface area contributed by atoms with Crippen molar-refractivity contribution < 1.29 is 0 Å². The van der Waals surface area contributed by atoms with E-state index in [1.165, 1.54) is 0 Å². The Hall–Kier alpha value is -0.710. The first-order valence-corrected chi connectivity index (χ1v) is 7.36. The molecule has 0 fully saturated rings. The van der Waals surface area contributed by atoms with Gasteiger partial charge in [0, 0.05) is 10.0 Å². The van der Waals surface area contributed by atoms with Crippen LogP contribution in [0.1, 0.15) is 0 Å². The van der Waals surface area contributed by atoms with E-state index in [0.29, 0.717) is 36.6 Å². The van der Waals surface area contributed by atoms with Gasteiger partial charge in [-0.05, 0) is 48.6 Å². The fourth-order valence-electron chi connectivity index (χ4n) is 1.46. The fourth-order valence-corrected chi connectivity index (χ4v) is 2.36. The molecule has 0 radical (unpaired) electrons. The highest BCUT2D eigenvalue weighted by Gasteiger charge is 2.06. The standard InChI is InChI=1S/C13H8Cl4N2S/c14-7-1-3-9(16)11(5-7)18-13(20)19-12-6-8(15)2-4-10(12)17/h1-6H,(H2,18,19,20). The monoisotopic (exact) mass is 364 g/mol. The van der Waals surface area contributed by atoms with Crippen molar-refractivity contribution >= 4 is 75.1 Å². The van der Waals surface area contributed by atoms with Gasteiger partial charge in [0.15, 0.2) is 5.11 Å². The van der Waals surface area contributed by atoms with Crippen LogP contribution in [0.3, 0.4) is 0 Å². The number of anilines is 2. The van der Waals surface area contributed by atoms with Gasteiger partial charge in [0.05, 0.1) is 21.4 Å². The first kappa shape index (κ1) is 15.7. The summed E-state index contributed by atoms with van der Waals surface area (Å²) in [6, 6.07) is 10.1. The minimum atomic E-state index is 0.332. The SMILES string of the molecule is S=C(Nc1cc(Cl)ccc1Cl)Nc1cc(Cl)ccc1Cl. The van der Waals surface area contributed by atoms with Gasteiger partial charge in [-0.25, -0.2) is 0 Å². The zero-order chi connectivity index (χ0) is 14.7. The van der Waals surface area contributed by atoms with Crippen LogP contribution >= 0.6 is 58.6 Å². The Morgan fingerprint density at radius 1 is 0.750 bits per heavy atom. The summed E-state index contributed by atoms with van der Waals surface area (Å²) in [5.41, 5.74) is 1.21. The van der Waals surface area contributed by atoms with Crippen LogP contribution in [0.4, 0.5) is 11.4 Å². The normalized spacial score (nSPS) is 10.2. The van der Waals surface area contributed by atoms with Crippen LogP contribution in [0.15, 0.2) is 36.4 Å². The van der Waals surface area contributed by atoms with Crippen LogP contribution in [0.5, 0.6) is 0 Å². The lowest BCUT2D eigenvalue weighted by atomic mass is 10.3. The van der Waals surface area contributed by atoms with Crippen LogP contribution in [-0.2, 0) is 0 Å². The summed E-state index contributed by atoms with van der Waals surface area (Å²) < 4.78 is 0. The quantitative estimate of drug-likeness (QED) is 0.628. The largest absolute Gasteiger partial charge is 0.331 e. The Morgan fingerprint density at radius 2 is 1.15 bits per heavy atom. The van der Waals surface area contributed by atoms with E-state index in [1.807, 2.05) is 0 Å². The van der Waals surface area contributed by atoms with Crippen molar-refractivity contribution in [2.45, 2.75) is 0 Å². The van der Waals surface area contributed by atoms with E-state index in [0.717, 1.165) is 0 Å². The van der Waals surface area contributed by atoms with Crippen LogP contribution in [0.25, 0.3) is 0 Å². The van der Waals surface area contributed by atoms with Crippen LogP contribution in [-0.4, -0.2) is 5.11 Å². The van der Waals surface area contributed by atoms with Crippen LogP contribution in [0.2, 0.25) is 20.1 Å². The van der Waals surface area contributed by atoms with E-state index in [4.69, 9.17) is 58.6 Å². The zero-order valence-corrected chi connectivity index (χ0v) is 13.7. The lowest BCUT2D eigenvalue weighted by Gasteiger charge is -2.13. The van der Waals surface area contributed by atoms with E-state index in [-0.39, 0.29) is 0 Å². The third kappa shape index (κ3) is 4.14. The Balaban J connectivity index is 2.13. The van der Waals surface area contributed by atoms with Crippen molar-refractivity contribution in [3.63, 3.8) is 0 Å². The number of halogens is 4. The number of benzene rings is 2. The second-order valence-electron chi connectivity index (χ2n) is 3.83. The second kappa shape index (κ2) is 6.83. The summed E-state index contributed by atoms with van der Waals surface area (Å²) in [5, 5.41) is 8.36. The van der Waals surface area contributed by atoms with Crippen molar-refractivity contribution in [1.29, 1.82) is 0 Å². The van der Waals surface area contributed by atoms with Crippen molar-refractivity contribution in [2.75, 3.05) is 10.6 Å². The highest BCUT2D eigenvalue weighted by molar-refractivity contribution is 7.80. The molecule has 0 heterocycles. The lowest BCUT2D eigenvalue weighted by molar-refractivity contribution is 1.59. The maximum absolute atomic E-state index is 6.04. The molecule has 7 heteroatoms. The topological polar surface area (TPSA) is 24.1 Å². The number of thiocarbonyl (C=S) groups is 1. The molecule has 0 aliphatic heterocycles. The molecule has 0 aliphatic rings. The molecule has 0 bridgehead atoms. The maximum Gasteiger partial charge on any atom is 0.175 e. The van der Waals surface area contributed by atoms with Crippen molar-refractivity contribution in [1.82, 2.24) is 0 Å². The van der Waals surface area contributed by atoms with Gasteiger partial charge in [0.2, 0.25) is 0 Å². The van der Waals surface area contributed by atoms with Crippen molar-refractivity contribution in [3.05, 3.63) is 56.5 Å².